The zero-order valence-electron chi connectivity index (χ0n) is 10.6. The Hall–Kier alpha value is -2.17. The lowest BCUT2D eigenvalue weighted by Gasteiger charge is -2.16. The number of anilines is 2. The van der Waals surface area contributed by atoms with Crippen molar-refractivity contribution in [2.45, 2.75) is 18.9 Å². The Morgan fingerprint density at radius 3 is 2.65 bits per heavy atom. The summed E-state index contributed by atoms with van der Waals surface area (Å²) in [5.41, 5.74) is 8.49. The van der Waals surface area contributed by atoms with Crippen LogP contribution in [0, 0.1) is 17.5 Å². The highest BCUT2D eigenvalue weighted by molar-refractivity contribution is 5.53. The van der Waals surface area contributed by atoms with Crippen LogP contribution < -0.4 is 11.1 Å². The number of hydrogen-bond donors (Lipinski definition) is 2. The van der Waals surface area contributed by atoms with Crippen molar-refractivity contribution in [2.24, 2.45) is 0 Å². The summed E-state index contributed by atoms with van der Waals surface area (Å²) in [6.07, 6.45) is 1.58. The molecule has 0 fully saturated rings. The number of hydrogen-bond acceptors (Lipinski definition) is 2. The molecule has 0 aliphatic heterocycles. The molecule has 1 aliphatic carbocycles. The van der Waals surface area contributed by atoms with E-state index in [2.05, 4.69) is 5.32 Å². The largest absolute Gasteiger partial charge is 0.399 e. The van der Waals surface area contributed by atoms with E-state index >= 15 is 0 Å². The molecule has 0 spiro atoms. The maximum absolute atomic E-state index is 13.7. The maximum Gasteiger partial charge on any atom is 0.196 e. The van der Waals surface area contributed by atoms with Gasteiger partial charge in [0.05, 0.1) is 11.7 Å². The van der Waals surface area contributed by atoms with Crippen LogP contribution in [-0.2, 0) is 6.42 Å². The minimum absolute atomic E-state index is 0.0291. The highest BCUT2D eigenvalue weighted by Crippen LogP contribution is 2.35. The molecule has 2 nitrogen and oxygen atoms in total. The highest BCUT2D eigenvalue weighted by Gasteiger charge is 2.24. The van der Waals surface area contributed by atoms with Gasteiger partial charge >= 0.3 is 0 Å². The van der Waals surface area contributed by atoms with Crippen molar-refractivity contribution in [2.75, 3.05) is 11.1 Å². The average Bonchev–Trinajstić information content (AvgIpc) is 2.82. The molecule has 104 valence electrons. The van der Waals surface area contributed by atoms with Crippen LogP contribution in [0.1, 0.15) is 23.6 Å². The molecule has 1 atom stereocenters. The third-order valence-electron chi connectivity index (χ3n) is 3.61. The van der Waals surface area contributed by atoms with E-state index in [0.29, 0.717) is 5.69 Å². The van der Waals surface area contributed by atoms with Crippen LogP contribution in [-0.4, -0.2) is 0 Å². The van der Waals surface area contributed by atoms with Crippen LogP contribution in [0.5, 0.6) is 0 Å². The number of nitrogens with two attached hydrogens (primary N) is 1. The Labute approximate surface area is 114 Å². The first kappa shape index (κ1) is 12.8. The third-order valence-corrected chi connectivity index (χ3v) is 3.61. The van der Waals surface area contributed by atoms with E-state index in [1.807, 2.05) is 12.1 Å². The van der Waals surface area contributed by atoms with Gasteiger partial charge in [0.15, 0.2) is 17.5 Å². The van der Waals surface area contributed by atoms with E-state index in [4.69, 9.17) is 5.73 Å². The average molecular weight is 278 g/mol. The molecule has 0 heterocycles. The first-order valence-corrected chi connectivity index (χ1v) is 6.34. The Balaban J connectivity index is 1.90. The van der Waals surface area contributed by atoms with E-state index in [0.717, 1.165) is 30.0 Å². The van der Waals surface area contributed by atoms with Crippen LogP contribution >= 0.6 is 0 Å². The summed E-state index contributed by atoms with van der Waals surface area (Å²) in [6.45, 7) is 0. The molecule has 5 heteroatoms. The van der Waals surface area contributed by atoms with E-state index in [9.17, 15) is 13.2 Å². The Morgan fingerprint density at radius 1 is 1.05 bits per heavy atom. The van der Waals surface area contributed by atoms with Gasteiger partial charge < -0.3 is 11.1 Å². The molecule has 0 amide bonds. The summed E-state index contributed by atoms with van der Waals surface area (Å²) in [7, 11) is 0. The number of benzene rings is 2. The molecule has 1 aliphatic rings. The molecule has 2 aromatic carbocycles. The van der Waals surface area contributed by atoms with Crippen molar-refractivity contribution < 1.29 is 13.2 Å². The number of aryl methyl sites for hydroxylation is 1. The van der Waals surface area contributed by atoms with Crippen LogP contribution in [0.3, 0.4) is 0 Å². The van der Waals surface area contributed by atoms with Crippen molar-refractivity contribution in [1.29, 1.82) is 0 Å². The smallest absolute Gasteiger partial charge is 0.196 e. The number of nitrogens with one attached hydrogen (secondary N) is 1. The fourth-order valence-corrected chi connectivity index (χ4v) is 2.61. The monoisotopic (exact) mass is 278 g/mol. The van der Waals surface area contributed by atoms with Gasteiger partial charge in [0.25, 0.3) is 0 Å². The minimum Gasteiger partial charge on any atom is -0.399 e. The molecular formula is C15H13F3N2. The molecule has 0 aromatic heterocycles. The summed E-state index contributed by atoms with van der Waals surface area (Å²) in [5, 5.41) is 2.93. The number of rotatable bonds is 2. The van der Waals surface area contributed by atoms with Crippen LogP contribution in [0.2, 0.25) is 0 Å². The van der Waals surface area contributed by atoms with Crippen LogP contribution in [0.15, 0.2) is 30.3 Å². The van der Waals surface area contributed by atoms with Gasteiger partial charge in [-0.05, 0) is 48.2 Å². The normalized spacial score (nSPS) is 17.1. The van der Waals surface area contributed by atoms with Gasteiger partial charge in [-0.15, -0.1) is 0 Å². The van der Waals surface area contributed by atoms with E-state index in [1.165, 1.54) is 6.07 Å². The second-order valence-electron chi connectivity index (χ2n) is 4.92. The van der Waals surface area contributed by atoms with Crippen molar-refractivity contribution in [3.8, 4) is 0 Å². The predicted octanol–water partition coefficient (Wildman–Crippen LogP) is 3.79. The van der Waals surface area contributed by atoms with E-state index < -0.39 is 17.5 Å². The summed E-state index contributed by atoms with van der Waals surface area (Å²) in [4.78, 5) is 0. The van der Waals surface area contributed by atoms with Crippen LogP contribution in [0.25, 0.3) is 0 Å². The van der Waals surface area contributed by atoms with Crippen LogP contribution in [0.4, 0.5) is 24.5 Å². The van der Waals surface area contributed by atoms with Gasteiger partial charge in [0.1, 0.15) is 0 Å². The number of nitrogen functional groups attached to an aromatic ring is 1. The van der Waals surface area contributed by atoms with Crippen molar-refractivity contribution in [3.05, 3.63) is 58.9 Å². The molecular weight excluding hydrogens is 265 g/mol. The first-order chi connectivity index (χ1) is 9.56. The van der Waals surface area contributed by atoms with E-state index in [-0.39, 0.29) is 11.7 Å². The van der Waals surface area contributed by atoms with Crippen molar-refractivity contribution in [1.82, 2.24) is 0 Å². The van der Waals surface area contributed by atoms with Gasteiger partial charge in [-0.1, -0.05) is 6.07 Å². The molecule has 1 unspecified atom stereocenters. The molecule has 2 aromatic rings. The van der Waals surface area contributed by atoms with Gasteiger partial charge in [-0.2, -0.15) is 0 Å². The maximum atomic E-state index is 13.7. The quantitative estimate of drug-likeness (QED) is 0.648. The number of halogens is 3. The minimum atomic E-state index is -1.45. The lowest BCUT2D eigenvalue weighted by molar-refractivity contribution is 0.448. The lowest BCUT2D eigenvalue weighted by atomic mass is 10.1. The molecule has 0 saturated heterocycles. The fraction of sp³-hybridized carbons (Fsp3) is 0.200. The fourth-order valence-electron chi connectivity index (χ4n) is 2.61. The van der Waals surface area contributed by atoms with Crippen molar-refractivity contribution in [3.63, 3.8) is 0 Å². The lowest BCUT2D eigenvalue weighted by Crippen LogP contribution is -2.09. The van der Waals surface area contributed by atoms with Gasteiger partial charge in [0.2, 0.25) is 0 Å². The zero-order valence-corrected chi connectivity index (χ0v) is 10.6. The summed E-state index contributed by atoms with van der Waals surface area (Å²) >= 11 is 0. The molecule has 3 N–H and O–H groups in total. The topological polar surface area (TPSA) is 38.0 Å². The molecule has 3 rings (SSSR count). The Morgan fingerprint density at radius 2 is 1.85 bits per heavy atom. The zero-order chi connectivity index (χ0) is 14.3. The first-order valence-electron chi connectivity index (χ1n) is 6.34. The number of fused-ring (bicyclic) bond motifs is 1. The van der Waals surface area contributed by atoms with Gasteiger partial charge in [0, 0.05) is 5.69 Å². The second kappa shape index (κ2) is 4.74. The van der Waals surface area contributed by atoms with Gasteiger partial charge in [-0.3, -0.25) is 0 Å². The van der Waals surface area contributed by atoms with E-state index in [1.54, 1.807) is 6.07 Å². The molecule has 0 radical (unpaired) electrons. The standard InChI is InChI=1S/C15H13F3N2/c16-11-4-6-13(15(18)14(11)17)20-12-5-1-8-7-9(19)2-3-10(8)12/h2-4,6-7,12,20H,1,5,19H2. The SMILES string of the molecule is Nc1ccc2c(c1)CCC2Nc1ccc(F)c(F)c1F. The Bertz CT molecular complexity index is 670. The third kappa shape index (κ3) is 2.09. The molecule has 20 heavy (non-hydrogen) atoms. The highest BCUT2D eigenvalue weighted by atomic mass is 19.2. The van der Waals surface area contributed by atoms with Crippen molar-refractivity contribution >= 4 is 11.4 Å². The summed E-state index contributed by atoms with van der Waals surface area (Å²) in [6, 6.07) is 7.55. The second-order valence-corrected chi connectivity index (χ2v) is 4.92. The summed E-state index contributed by atoms with van der Waals surface area (Å²) < 4.78 is 39.8. The predicted molar refractivity (Wildman–Crippen MR) is 71.9 cm³/mol. The molecule has 0 saturated carbocycles. The summed E-state index contributed by atoms with van der Waals surface area (Å²) in [5.74, 6) is -3.83. The Kier molecular flexibility index (Phi) is 3.04. The van der Waals surface area contributed by atoms with Gasteiger partial charge in [-0.25, -0.2) is 13.2 Å². The molecule has 0 bridgehead atoms.